The number of carbonyl (C=O) groups excluding carboxylic acids is 1. The first-order valence-corrected chi connectivity index (χ1v) is 11.3. The summed E-state index contributed by atoms with van der Waals surface area (Å²) in [7, 11) is 1.82. The lowest BCUT2D eigenvalue weighted by atomic mass is 10.2. The lowest BCUT2D eigenvalue weighted by Gasteiger charge is -2.37. The van der Waals surface area contributed by atoms with E-state index in [0.29, 0.717) is 6.61 Å². The molecule has 1 N–H and O–H groups in total. The SMILES string of the molecule is CN=C(NCCCCOCCc1ccccc1)N1CCN(C(=O)C2CCCO2)CC1. The first-order chi connectivity index (χ1) is 14.8. The molecule has 1 amide bonds. The summed E-state index contributed by atoms with van der Waals surface area (Å²) in [4.78, 5) is 21.1. The lowest BCUT2D eigenvalue weighted by Crippen LogP contribution is -2.55. The lowest BCUT2D eigenvalue weighted by molar-refractivity contribution is -0.142. The van der Waals surface area contributed by atoms with Gasteiger partial charge < -0.3 is 24.6 Å². The molecule has 2 fully saturated rings. The summed E-state index contributed by atoms with van der Waals surface area (Å²) in [6.07, 6.45) is 4.67. The van der Waals surface area contributed by atoms with Crippen LogP contribution in [-0.2, 0) is 20.7 Å². The van der Waals surface area contributed by atoms with Crippen molar-refractivity contribution in [3.63, 3.8) is 0 Å². The minimum absolute atomic E-state index is 0.155. The fourth-order valence-corrected chi connectivity index (χ4v) is 3.91. The Morgan fingerprint density at radius 2 is 1.90 bits per heavy atom. The zero-order valence-corrected chi connectivity index (χ0v) is 18.2. The van der Waals surface area contributed by atoms with Crippen molar-refractivity contribution in [1.29, 1.82) is 0 Å². The summed E-state index contributed by atoms with van der Waals surface area (Å²) in [5, 5.41) is 3.45. The molecule has 30 heavy (non-hydrogen) atoms. The van der Waals surface area contributed by atoms with Crippen LogP contribution in [0.1, 0.15) is 31.2 Å². The predicted octanol–water partition coefficient (Wildman–Crippen LogP) is 1.92. The minimum Gasteiger partial charge on any atom is -0.381 e. The topological polar surface area (TPSA) is 66.4 Å². The number of nitrogens with zero attached hydrogens (tertiary/aromatic N) is 3. The molecule has 2 heterocycles. The Balaban J connectivity index is 1.24. The van der Waals surface area contributed by atoms with Gasteiger partial charge in [-0.25, -0.2) is 0 Å². The first kappa shape index (κ1) is 22.6. The number of carbonyl (C=O) groups is 1. The van der Waals surface area contributed by atoms with Gasteiger partial charge in [0.05, 0.1) is 6.61 Å². The van der Waals surface area contributed by atoms with Gasteiger partial charge in [-0.05, 0) is 37.7 Å². The molecule has 1 aromatic carbocycles. The van der Waals surface area contributed by atoms with Crippen molar-refractivity contribution < 1.29 is 14.3 Å². The van der Waals surface area contributed by atoms with Crippen LogP contribution in [-0.4, -0.2) is 87.4 Å². The molecule has 0 radical (unpaired) electrons. The second-order valence-corrected chi connectivity index (χ2v) is 7.84. The van der Waals surface area contributed by atoms with E-state index in [9.17, 15) is 4.79 Å². The number of amides is 1. The highest BCUT2D eigenvalue weighted by Crippen LogP contribution is 2.16. The van der Waals surface area contributed by atoms with E-state index in [1.165, 1.54) is 5.56 Å². The molecule has 0 aliphatic carbocycles. The molecule has 0 aromatic heterocycles. The fraction of sp³-hybridized carbons (Fsp3) is 0.652. The Hall–Kier alpha value is -2.12. The maximum absolute atomic E-state index is 12.5. The molecule has 7 heteroatoms. The molecule has 2 aliphatic heterocycles. The highest BCUT2D eigenvalue weighted by molar-refractivity contribution is 5.82. The van der Waals surface area contributed by atoms with Crippen molar-refractivity contribution in [2.24, 2.45) is 4.99 Å². The average Bonchev–Trinajstić information content (AvgIpc) is 3.33. The number of nitrogens with one attached hydrogen (secondary N) is 1. The normalized spacial score (nSPS) is 19.9. The summed E-state index contributed by atoms with van der Waals surface area (Å²) in [6.45, 7) is 6.23. The highest BCUT2D eigenvalue weighted by Gasteiger charge is 2.30. The standard InChI is InChI=1S/C23H36N4O3/c1-24-23(25-12-5-6-17-29-19-11-20-8-3-2-4-9-20)27-15-13-26(14-16-27)22(28)21-10-7-18-30-21/h2-4,8-9,21H,5-7,10-19H2,1H3,(H,24,25). The quantitative estimate of drug-likeness (QED) is 0.379. The number of hydrogen-bond acceptors (Lipinski definition) is 4. The summed E-state index contributed by atoms with van der Waals surface area (Å²) in [5.41, 5.74) is 1.32. The van der Waals surface area contributed by atoms with Crippen molar-refractivity contribution in [3.8, 4) is 0 Å². The third kappa shape index (κ3) is 6.99. The van der Waals surface area contributed by atoms with Crippen LogP contribution in [0.2, 0.25) is 0 Å². The van der Waals surface area contributed by atoms with E-state index in [0.717, 1.165) is 84.0 Å². The minimum atomic E-state index is -0.219. The average molecular weight is 417 g/mol. The van der Waals surface area contributed by atoms with Crippen LogP contribution in [0.15, 0.2) is 35.3 Å². The van der Waals surface area contributed by atoms with Gasteiger partial charge in [0.2, 0.25) is 0 Å². The first-order valence-electron chi connectivity index (χ1n) is 11.3. The number of ether oxygens (including phenoxy) is 2. The molecule has 0 spiro atoms. The fourth-order valence-electron chi connectivity index (χ4n) is 3.91. The van der Waals surface area contributed by atoms with Crippen LogP contribution in [0, 0.1) is 0 Å². The Labute approximate surface area is 180 Å². The number of aliphatic imine (C=N–C) groups is 1. The second-order valence-electron chi connectivity index (χ2n) is 7.84. The van der Waals surface area contributed by atoms with E-state index in [-0.39, 0.29) is 12.0 Å². The number of guanidine groups is 1. The third-order valence-electron chi connectivity index (χ3n) is 5.68. The van der Waals surface area contributed by atoms with E-state index in [4.69, 9.17) is 9.47 Å². The van der Waals surface area contributed by atoms with Crippen molar-refractivity contribution in [2.45, 2.75) is 38.2 Å². The van der Waals surface area contributed by atoms with Gasteiger partial charge in [0, 0.05) is 53.0 Å². The van der Waals surface area contributed by atoms with Crippen LogP contribution in [0.5, 0.6) is 0 Å². The Morgan fingerprint density at radius 1 is 1.13 bits per heavy atom. The highest BCUT2D eigenvalue weighted by atomic mass is 16.5. The molecule has 2 aliphatic rings. The van der Waals surface area contributed by atoms with Gasteiger partial charge in [0.15, 0.2) is 5.96 Å². The van der Waals surface area contributed by atoms with Gasteiger partial charge in [0.25, 0.3) is 5.91 Å². The van der Waals surface area contributed by atoms with Gasteiger partial charge in [0.1, 0.15) is 6.10 Å². The van der Waals surface area contributed by atoms with Gasteiger partial charge in [-0.3, -0.25) is 9.79 Å². The molecule has 1 atom stereocenters. The number of hydrogen-bond donors (Lipinski definition) is 1. The summed E-state index contributed by atoms with van der Waals surface area (Å²) >= 11 is 0. The van der Waals surface area contributed by atoms with E-state index in [1.807, 2.05) is 18.0 Å². The second kappa shape index (κ2) is 12.5. The molecule has 0 bridgehead atoms. The van der Waals surface area contributed by atoms with Crippen LogP contribution >= 0.6 is 0 Å². The van der Waals surface area contributed by atoms with Crippen molar-refractivity contribution in [2.75, 3.05) is 59.6 Å². The molecule has 166 valence electrons. The van der Waals surface area contributed by atoms with Gasteiger partial charge >= 0.3 is 0 Å². The number of unbranched alkanes of at least 4 members (excludes halogenated alkanes) is 1. The van der Waals surface area contributed by atoms with Crippen LogP contribution in [0.3, 0.4) is 0 Å². The largest absolute Gasteiger partial charge is 0.381 e. The Morgan fingerprint density at radius 3 is 2.60 bits per heavy atom. The van der Waals surface area contributed by atoms with Crippen molar-refractivity contribution in [3.05, 3.63) is 35.9 Å². The van der Waals surface area contributed by atoms with E-state index < -0.39 is 0 Å². The van der Waals surface area contributed by atoms with Crippen molar-refractivity contribution in [1.82, 2.24) is 15.1 Å². The molecule has 1 aromatic rings. The van der Waals surface area contributed by atoms with Gasteiger partial charge in [-0.2, -0.15) is 0 Å². The van der Waals surface area contributed by atoms with Crippen molar-refractivity contribution >= 4 is 11.9 Å². The van der Waals surface area contributed by atoms with Crippen LogP contribution in [0.4, 0.5) is 0 Å². The molecule has 3 rings (SSSR count). The zero-order chi connectivity index (χ0) is 21.0. The van der Waals surface area contributed by atoms with Crippen LogP contribution in [0.25, 0.3) is 0 Å². The number of piperazine rings is 1. The molecule has 7 nitrogen and oxygen atoms in total. The maximum Gasteiger partial charge on any atom is 0.251 e. The molecule has 0 saturated carbocycles. The van der Waals surface area contributed by atoms with Gasteiger partial charge in [-0.15, -0.1) is 0 Å². The van der Waals surface area contributed by atoms with Crippen LogP contribution < -0.4 is 5.32 Å². The Kier molecular flexibility index (Phi) is 9.44. The number of rotatable bonds is 9. The molecular formula is C23H36N4O3. The smallest absolute Gasteiger partial charge is 0.251 e. The molecule has 2 saturated heterocycles. The molecule has 1 unspecified atom stereocenters. The maximum atomic E-state index is 12.5. The summed E-state index contributed by atoms with van der Waals surface area (Å²) < 4.78 is 11.3. The summed E-state index contributed by atoms with van der Waals surface area (Å²) in [6, 6.07) is 10.4. The summed E-state index contributed by atoms with van der Waals surface area (Å²) in [5.74, 6) is 1.08. The predicted molar refractivity (Wildman–Crippen MR) is 119 cm³/mol. The van der Waals surface area contributed by atoms with E-state index in [2.05, 4.69) is 39.5 Å². The van der Waals surface area contributed by atoms with E-state index in [1.54, 1.807) is 0 Å². The van der Waals surface area contributed by atoms with Gasteiger partial charge in [-0.1, -0.05) is 30.3 Å². The van der Waals surface area contributed by atoms with E-state index >= 15 is 0 Å². The number of benzene rings is 1. The monoisotopic (exact) mass is 416 g/mol. The zero-order valence-electron chi connectivity index (χ0n) is 18.2. The third-order valence-corrected chi connectivity index (χ3v) is 5.68. The molecular weight excluding hydrogens is 380 g/mol. The Bertz CT molecular complexity index is 654.